The van der Waals surface area contributed by atoms with Crippen LogP contribution >= 0.6 is 11.6 Å². The fourth-order valence-corrected chi connectivity index (χ4v) is 1.36. The van der Waals surface area contributed by atoms with Gasteiger partial charge in [0.25, 0.3) is 5.91 Å². The van der Waals surface area contributed by atoms with E-state index in [1.54, 1.807) is 0 Å². The minimum atomic E-state index is -0.563. The number of hydrogen-bond acceptors (Lipinski definition) is 2. The molecule has 0 radical (unpaired) electrons. The third-order valence-corrected chi connectivity index (χ3v) is 2.52. The highest BCUT2D eigenvalue weighted by molar-refractivity contribution is 6.31. The number of aliphatic hydroxyl groups excluding tert-OH is 1. The van der Waals surface area contributed by atoms with Crippen LogP contribution in [0.15, 0.2) is 18.2 Å². The van der Waals surface area contributed by atoms with Gasteiger partial charge < -0.3 is 10.4 Å². The molecule has 1 atom stereocenters. The molecule has 0 saturated heterocycles. The largest absolute Gasteiger partial charge is 0.394 e. The summed E-state index contributed by atoms with van der Waals surface area (Å²) in [5, 5.41) is 11.4. The molecule has 0 fully saturated rings. The Labute approximate surface area is 98.2 Å². The van der Waals surface area contributed by atoms with E-state index in [-0.39, 0.29) is 29.1 Å². The van der Waals surface area contributed by atoms with Crippen LogP contribution in [0.1, 0.15) is 23.7 Å². The third kappa shape index (κ3) is 3.18. The lowest BCUT2D eigenvalue weighted by atomic mass is 10.1. The van der Waals surface area contributed by atoms with E-state index >= 15 is 0 Å². The van der Waals surface area contributed by atoms with Crippen LogP contribution in [0.5, 0.6) is 0 Å². The molecule has 88 valence electrons. The Kier molecular flexibility index (Phi) is 4.71. The van der Waals surface area contributed by atoms with Crippen LogP contribution in [0, 0.1) is 5.82 Å². The summed E-state index contributed by atoms with van der Waals surface area (Å²) in [5.41, 5.74) is 0.276. The molecule has 0 aliphatic heterocycles. The van der Waals surface area contributed by atoms with Gasteiger partial charge in [0.2, 0.25) is 0 Å². The van der Waals surface area contributed by atoms with Gasteiger partial charge in [-0.2, -0.15) is 0 Å². The Balaban J connectivity index is 2.76. The van der Waals surface area contributed by atoms with E-state index < -0.39 is 5.82 Å². The second kappa shape index (κ2) is 5.82. The molecule has 1 aromatic carbocycles. The van der Waals surface area contributed by atoms with Crippen LogP contribution in [0.2, 0.25) is 5.02 Å². The maximum Gasteiger partial charge on any atom is 0.251 e. The van der Waals surface area contributed by atoms with Crippen LogP contribution in [0.25, 0.3) is 0 Å². The number of carbonyl (C=O) groups excluding carboxylic acids is 1. The first-order chi connectivity index (χ1) is 7.58. The van der Waals surface area contributed by atoms with E-state index in [2.05, 4.69) is 5.32 Å². The molecule has 1 rings (SSSR count). The van der Waals surface area contributed by atoms with Crippen molar-refractivity contribution < 1.29 is 14.3 Å². The molecule has 0 bridgehead atoms. The van der Waals surface area contributed by atoms with Gasteiger partial charge in [0, 0.05) is 5.56 Å². The van der Waals surface area contributed by atoms with Crippen molar-refractivity contribution in [2.24, 2.45) is 0 Å². The summed E-state index contributed by atoms with van der Waals surface area (Å²) in [4.78, 5) is 11.6. The summed E-state index contributed by atoms with van der Waals surface area (Å²) in [7, 11) is 0. The van der Waals surface area contributed by atoms with Crippen molar-refractivity contribution in [1.82, 2.24) is 5.32 Å². The number of amides is 1. The molecule has 0 spiro atoms. The first-order valence-electron chi connectivity index (χ1n) is 4.95. The molecule has 0 aromatic heterocycles. The molecule has 16 heavy (non-hydrogen) atoms. The van der Waals surface area contributed by atoms with Crippen LogP contribution in [-0.4, -0.2) is 23.7 Å². The zero-order valence-corrected chi connectivity index (χ0v) is 9.59. The Morgan fingerprint density at radius 3 is 2.81 bits per heavy atom. The molecule has 0 aliphatic carbocycles. The van der Waals surface area contributed by atoms with E-state index in [9.17, 15) is 9.18 Å². The zero-order valence-electron chi connectivity index (χ0n) is 8.84. The van der Waals surface area contributed by atoms with Crippen LogP contribution in [0.4, 0.5) is 4.39 Å². The van der Waals surface area contributed by atoms with E-state index in [0.29, 0.717) is 6.42 Å². The van der Waals surface area contributed by atoms with Crippen molar-refractivity contribution in [3.8, 4) is 0 Å². The molecule has 1 aromatic rings. The number of rotatable bonds is 4. The predicted molar refractivity (Wildman–Crippen MR) is 60.0 cm³/mol. The van der Waals surface area contributed by atoms with Gasteiger partial charge in [-0.25, -0.2) is 4.39 Å². The standard InChI is InChI=1S/C11H13ClFNO2/c1-2-8(6-15)14-11(16)7-3-4-10(13)9(12)5-7/h3-5,8,15H,2,6H2,1H3,(H,14,16)/t8-/m1/s1. The van der Waals surface area contributed by atoms with E-state index in [1.165, 1.54) is 12.1 Å². The normalized spacial score (nSPS) is 12.2. The van der Waals surface area contributed by atoms with Gasteiger partial charge in [-0.15, -0.1) is 0 Å². The van der Waals surface area contributed by atoms with E-state index in [0.717, 1.165) is 6.07 Å². The van der Waals surface area contributed by atoms with Crippen molar-refractivity contribution in [3.05, 3.63) is 34.6 Å². The van der Waals surface area contributed by atoms with Gasteiger partial charge in [0.1, 0.15) is 5.82 Å². The molecule has 0 aliphatic rings. The summed E-state index contributed by atoms with van der Waals surface area (Å²) in [5.74, 6) is -0.935. The SMILES string of the molecule is CC[C@H](CO)NC(=O)c1ccc(F)c(Cl)c1. The Bertz CT molecular complexity index is 380. The van der Waals surface area contributed by atoms with Crippen molar-refractivity contribution in [2.45, 2.75) is 19.4 Å². The molecule has 0 heterocycles. The van der Waals surface area contributed by atoms with Crippen molar-refractivity contribution in [2.75, 3.05) is 6.61 Å². The Hall–Kier alpha value is -1.13. The Morgan fingerprint density at radius 2 is 2.31 bits per heavy atom. The fourth-order valence-electron chi connectivity index (χ4n) is 1.18. The number of aliphatic hydroxyl groups is 1. The number of nitrogens with one attached hydrogen (secondary N) is 1. The molecule has 2 N–H and O–H groups in total. The third-order valence-electron chi connectivity index (χ3n) is 2.23. The number of halogens is 2. The summed E-state index contributed by atoms with van der Waals surface area (Å²) in [6.45, 7) is 1.72. The van der Waals surface area contributed by atoms with Gasteiger partial charge in [-0.1, -0.05) is 18.5 Å². The van der Waals surface area contributed by atoms with Gasteiger partial charge >= 0.3 is 0 Å². The van der Waals surface area contributed by atoms with Crippen molar-refractivity contribution in [3.63, 3.8) is 0 Å². The smallest absolute Gasteiger partial charge is 0.251 e. The number of hydrogen-bond donors (Lipinski definition) is 2. The minimum Gasteiger partial charge on any atom is -0.394 e. The lowest BCUT2D eigenvalue weighted by molar-refractivity contribution is 0.0915. The van der Waals surface area contributed by atoms with Crippen LogP contribution in [-0.2, 0) is 0 Å². The number of carbonyl (C=O) groups is 1. The highest BCUT2D eigenvalue weighted by atomic mass is 35.5. The lowest BCUT2D eigenvalue weighted by Gasteiger charge is -2.13. The lowest BCUT2D eigenvalue weighted by Crippen LogP contribution is -2.36. The first-order valence-corrected chi connectivity index (χ1v) is 5.33. The molecule has 0 saturated carbocycles. The zero-order chi connectivity index (χ0) is 12.1. The average molecular weight is 246 g/mol. The van der Waals surface area contributed by atoms with Crippen LogP contribution in [0.3, 0.4) is 0 Å². The minimum absolute atomic E-state index is 0.0929. The second-order valence-corrected chi connectivity index (χ2v) is 3.80. The Morgan fingerprint density at radius 1 is 1.62 bits per heavy atom. The van der Waals surface area contributed by atoms with E-state index in [4.69, 9.17) is 16.7 Å². The molecule has 1 amide bonds. The molecule has 5 heteroatoms. The van der Waals surface area contributed by atoms with Crippen LogP contribution < -0.4 is 5.32 Å². The monoisotopic (exact) mass is 245 g/mol. The van der Waals surface area contributed by atoms with Crippen molar-refractivity contribution >= 4 is 17.5 Å². The highest BCUT2D eigenvalue weighted by Gasteiger charge is 2.12. The van der Waals surface area contributed by atoms with Gasteiger partial charge in [0.15, 0.2) is 0 Å². The van der Waals surface area contributed by atoms with Gasteiger partial charge in [0.05, 0.1) is 17.7 Å². The molecule has 0 unspecified atom stereocenters. The number of benzene rings is 1. The first kappa shape index (κ1) is 12.9. The molecule has 3 nitrogen and oxygen atoms in total. The van der Waals surface area contributed by atoms with Gasteiger partial charge in [-0.3, -0.25) is 4.79 Å². The maximum absolute atomic E-state index is 12.9. The summed E-state index contributed by atoms with van der Waals surface area (Å²) in [6.07, 6.45) is 0.622. The molecular formula is C11H13ClFNO2. The second-order valence-electron chi connectivity index (χ2n) is 3.39. The summed E-state index contributed by atoms with van der Waals surface area (Å²) >= 11 is 5.56. The van der Waals surface area contributed by atoms with Gasteiger partial charge in [-0.05, 0) is 24.6 Å². The van der Waals surface area contributed by atoms with Crippen molar-refractivity contribution in [1.29, 1.82) is 0 Å². The highest BCUT2D eigenvalue weighted by Crippen LogP contribution is 2.16. The van der Waals surface area contributed by atoms with E-state index in [1.807, 2.05) is 6.92 Å². The fraction of sp³-hybridized carbons (Fsp3) is 0.364. The topological polar surface area (TPSA) is 49.3 Å². The quantitative estimate of drug-likeness (QED) is 0.852. The molecular weight excluding hydrogens is 233 g/mol. The maximum atomic E-state index is 12.9. The summed E-state index contributed by atoms with van der Waals surface area (Å²) < 4.78 is 12.9. The summed E-state index contributed by atoms with van der Waals surface area (Å²) in [6, 6.07) is 3.45. The average Bonchev–Trinajstić information content (AvgIpc) is 2.29. The predicted octanol–water partition coefficient (Wildman–Crippen LogP) is 1.98.